The first kappa shape index (κ1) is 18.0. The maximum atomic E-state index is 12.7. The third-order valence-electron chi connectivity index (χ3n) is 5.39. The van der Waals surface area contributed by atoms with Crippen LogP contribution >= 0.6 is 11.6 Å². The van der Waals surface area contributed by atoms with E-state index in [0.717, 1.165) is 11.4 Å². The van der Waals surface area contributed by atoms with Gasteiger partial charge in [-0.2, -0.15) is 10.1 Å². The number of benzene rings is 1. The lowest BCUT2D eigenvalue weighted by molar-refractivity contribution is -0.140. The van der Waals surface area contributed by atoms with Gasteiger partial charge in [-0.1, -0.05) is 23.8 Å². The van der Waals surface area contributed by atoms with Crippen molar-refractivity contribution in [2.24, 2.45) is 28.8 Å². The summed E-state index contributed by atoms with van der Waals surface area (Å²) < 4.78 is 11.1. The molecule has 3 aliphatic rings. The summed E-state index contributed by atoms with van der Waals surface area (Å²) >= 11 is 6.30. The summed E-state index contributed by atoms with van der Waals surface area (Å²) in [6, 6.07) is 3.41. The Morgan fingerprint density at radius 1 is 1.11 bits per heavy atom. The van der Waals surface area contributed by atoms with Crippen LogP contribution in [0.1, 0.15) is 25.8 Å². The second-order valence-electron chi connectivity index (χ2n) is 6.93. The Morgan fingerprint density at radius 2 is 1.74 bits per heavy atom. The Kier molecular flexibility index (Phi) is 4.68. The summed E-state index contributed by atoms with van der Waals surface area (Å²) in [7, 11) is 0. The van der Waals surface area contributed by atoms with Crippen LogP contribution in [0.4, 0.5) is 0 Å². The molecule has 27 heavy (non-hydrogen) atoms. The second kappa shape index (κ2) is 7.00. The number of carbonyl (C=O) groups is 2. The van der Waals surface area contributed by atoms with Crippen molar-refractivity contribution in [1.29, 1.82) is 0 Å². The summed E-state index contributed by atoms with van der Waals surface area (Å²) in [5.41, 5.74) is 0.630. The molecule has 2 amide bonds. The van der Waals surface area contributed by atoms with Crippen LogP contribution in [-0.4, -0.2) is 36.3 Å². The highest BCUT2D eigenvalue weighted by atomic mass is 35.5. The highest BCUT2D eigenvalue weighted by Gasteiger charge is 2.59. The fourth-order valence-electron chi connectivity index (χ4n) is 4.33. The van der Waals surface area contributed by atoms with E-state index in [-0.39, 0.29) is 35.5 Å². The fraction of sp³-hybridized carbons (Fsp3) is 0.450. The first-order valence-corrected chi connectivity index (χ1v) is 9.62. The van der Waals surface area contributed by atoms with Crippen LogP contribution in [0.2, 0.25) is 5.02 Å². The molecule has 0 aromatic heterocycles. The van der Waals surface area contributed by atoms with Crippen molar-refractivity contribution in [3.05, 3.63) is 34.9 Å². The number of fused-ring (bicyclic) bond motifs is 5. The number of carbonyl (C=O) groups excluding carboxylic acids is 2. The first-order chi connectivity index (χ1) is 13.0. The number of hydrogen-bond donors (Lipinski definition) is 0. The van der Waals surface area contributed by atoms with Crippen molar-refractivity contribution >= 4 is 29.6 Å². The molecule has 1 saturated carbocycles. The predicted molar refractivity (Wildman–Crippen MR) is 101 cm³/mol. The third kappa shape index (κ3) is 2.92. The number of hydrazone groups is 1. The molecule has 0 unspecified atom stereocenters. The maximum absolute atomic E-state index is 12.7. The lowest BCUT2D eigenvalue weighted by atomic mass is 9.85. The molecule has 1 aromatic rings. The van der Waals surface area contributed by atoms with Gasteiger partial charge >= 0.3 is 0 Å². The monoisotopic (exact) mass is 388 g/mol. The zero-order chi connectivity index (χ0) is 19.1. The van der Waals surface area contributed by atoms with E-state index in [9.17, 15) is 9.59 Å². The fourth-order valence-corrected chi connectivity index (χ4v) is 4.61. The molecule has 6 nitrogen and oxygen atoms in total. The Labute approximate surface area is 162 Å². The van der Waals surface area contributed by atoms with E-state index in [2.05, 4.69) is 17.3 Å². The number of allylic oxidation sites excluding steroid dienone is 2. The summed E-state index contributed by atoms with van der Waals surface area (Å²) in [5, 5.41) is 5.59. The largest absolute Gasteiger partial charge is 0.490 e. The molecule has 2 fully saturated rings. The number of amides is 2. The van der Waals surface area contributed by atoms with Gasteiger partial charge in [0.05, 0.1) is 36.3 Å². The van der Waals surface area contributed by atoms with E-state index in [0.29, 0.717) is 35.3 Å². The average molecular weight is 389 g/mol. The van der Waals surface area contributed by atoms with E-state index in [1.165, 1.54) is 6.21 Å². The van der Waals surface area contributed by atoms with Crippen LogP contribution in [-0.2, 0) is 9.59 Å². The molecule has 1 aromatic carbocycles. The van der Waals surface area contributed by atoms with Crippen molar-refractivity contribution < 1.29 is 19.1 Å². The van der Waals surface area contributed by atoms with Crippen LogP contribution in [0.15, 0.2) is 29.4 Å². The molecule has 4 rings (SSSR count). The molecular formula is C20H21ClN2O4. The number of imide groups is 1. The molecule has 0 N–H and O–H groups in total. The summed E-state index contributed by atoms with van der Waals surface area (Å²) in [5.74, 6) is 0.387. The lowest BCUT2D eigenvalue weighted by Gasteiger charge is -2.14. The van der Waals surface area contributed by atoms with Crippen molar-refractivity contribution in [1.82, 2.24) is 5.01 Å². The van der Waals surface area contributed by atoms with Crippen LogP contribution in [0, 0.1) is 23.7 Å². The second-order valence-corrected chi connectivity index (χ2v) is 7.34. The highest BCUT2D eigenvalue weighted by molar-refractivity contribution is 6.32. The summed E-state index contributed by atoms with van der Waals surface area (Å²) in [6.45, 7) is 4.65. The number of ether oxygens (including phenoxy) is 2. The van der Waals surface area contributed by atoms with E-state index >= 15 is 0 Å². The summed E-state index contributed by atoms with van der Waals surface area (Å²) in [6.07, 6.45) is 6.49. The number of halogens is 1. The van der Waals surface area contributed by atoms with Gasteiger partial charge in [-0.25, -0.2) is 0 Å². The van der Waals surface area contributed by atoms with Crippen LogP contribution in [0.25, 0.3) is 0 Å². The average Bonchev–Trinajstić information content (AvgIpc) is 3.31. The molecule has 1 aliphatic heterocycles. The molecular weight excluding hydrogens is 368 g/mol. The van der Waals surface area contributed by atoms with Gasteiger partial charge in [0.1, 0.15) is 0 Å². The quantitative estimate of drug-likeness (QED) is 0.426. The zero-order valence-electron chi connectivity index (χ0n) is 15.2. The number of hydrogen-bond acceptors (Lipinski definition) is 5. The Hall–Kier alpha value is -2.34. The smallest absolute Gasteiger partial charge is 0.254 e. The normalized spacial score (nSPS) is 28.5. The molecule has 7 heteroatoms. The zero-order valence-corrected chi connectivity index (χ0v) is 16.0. The Bertz CT molecular complexity index is 821. The highest BCUT2D eigenvalue weighted by Crippen LogP contribution is 2.52. The van der Waals surface area contributed by atoms with E-state index < -0.39 is 0 Å². The minimum Gasteiger partial charge on any atom is -0.490 e. The SMILES string of the molecule is CCOc1cc(C=NN2C(=O)[C@@H]3[C@H](C2=O)[C@H]2C=C[C@H]3C2)cc(Cl)c1OCC. The van der Waals surface area contributed by atoms with Crippen LogP contribution < -0.4 is 9.47 Å². The standard InChI is InChI=1S/C20H21ClN2O4/c1-3-26-15-8-11(7-14(21)18(15)27-4-2)10-22-23-19(24)16-12-5-6-13(9-12)17(16)20(23)25/h5-8,10,12-13,16-17H,3-4,9H2,1-2H3/t12-,13-,16-,17+/m0/s1. The van der Waals surface area contributed by atoms with Crippen molar-refractivity contribution in [3.8, 4) is 11.5 Å². The molecule has 1 saturated heterocycles. The molecule has 2 aliphatic carbocycles. The molecule has 0 radical (unpaired) electrons. The molecule has 4 atom stereocenters. The van der Waals surface area contributed by atoms with Gasteiger partial charge in [-0.05, 0) is 49.8 Å². The minimum atomic E-state index is -0.257. The van der Waals surface area contributed by atoms with Crippen molar-refractivity contribution in [2.45, 2.75) is 20.3 Å². The van der Waals surface area contributed by atoms with Gasteiger partial charge in [0.25, 0.3) is 11.8 Å². The van der Waals surface area contributed by atoms with Gasteiger partial charge in [-0.15, -0.1) is 0 Å². The topological polar surface area (TPSA) is 68.2 Å². The first-order valence-electron chi connectivity index (χ1n) is 9.24. The molecule has 142 valence electrons. The van der Waals surface area contributed by atoms with Crippen LogP contribution in [0.3, 0.4) is 0 Å². The van der Waals surface area contributed by atoms with Crippen LogP contribution in [0.5, 0.6) is 11.5 Å². The number of nitrogens with zero attached hydrogens (tertiary/aromatic N) is 2. The predicted octanol–water partition coefficient (Wildman–Crippen LogP) is 3.28. The lowest BCUT2D eigenvalue weighted by Crippen LogP contribution is -2.28. The van der Waals surface area contributed by atoms with Crippen molar-refractivity contribution in [2.75, 3.05) is 13.2 Å². The Balaban J connectivity index is 1.58. The Morgan fingerprint density at radius 3 is 2.33 bits per heavy atom. The number of rotatable bonds is 6. The van der Waals surface area contributed by atoms with Gasteiger partial charge in [0.15, 0.2) is 11.5 Å². The summed E-state index contributed by atoms with van der Waals surface area (Å²) in [4.78, 5) is 25.3. The van der Waals surface area contributed by atoms with Gasteiger partial charge < -0.3 is 9.47 Å². The van der Waals surface area contributed by atoms with Gasteiger partial charge in [0, 0.05) is 0 Å². The van der Waals surface area contributed by atoms with Crippen molar-refractivity contribution in [3.63, 3.8) is 0 Å². The molecule has 2 bridgehead atoms. The van der Waals surface area contributed by atoms with Gasteiger partial charge in [0.2, 0.25) is 0 Å². The third-order valence-corrected chi connectivity index (χ3v) is 5.67. The maximum Gasteiger partial charge on any atom is 0.254 e. The van der Waals surface area contributed by atoms with E-state index in [4.69, 9.17) is 21.1 Å². The molecule has 0 spiro atoms. The molecule has 1 heterocycles. The minimum absolute atomic E-state index is 0.168. The van der Waals surface area contributed by atoms with E-state index in [1.807, 2.05) is 13.8 Å². The van der Waals surface area contributed by atoms with Gasteiger partial charge in [-0.3, -0.25) is 9.59 Å². The van der Waals surface area contributed by atoms with E-state index in [1.54, 1.807) is 12.1 Å².